The van der Waals surface area contributed by atoms with Crippen LogP contribution in [0.15, 0.2) is 0 Å². The smallest absolute Gasteiger partial charge is 0.316 e. The Bertz CT molecular complexity index is 347. The Labute approximate surface area is 101 Å². The van der Waals surface area contributed by atoms with Crippen LogP contribution in [-0.2, 0) is 19.1 Å². The van der Waals surface area contributed by atoms with E-state index in [1.165, 1.54) is 0 Å². The van der Waals surface area contributed by atoms with Gasteiger partial charge in [-0.25, -0.2) is 0 Å². The molecule has 2 rings (SSSR count). The van der Waals surface area contributed by atoms with Crippen LogP contribution in [0.5, 0.6) is 0 Å². The molecular weight excluding hydrogens is 220 g/mol. The molecule has 3 unspecified atom stereocenters. The number of hydrogen-bond acceptors (Lipinski definition) is 4. The van der Waals surface area contributed by atoms with E-state index in [1.807, 2.05) is 0 Å². The first-order valence-corrected chi connectivity index (χ1v) is 6.37. The zero-order chi connectivity index (χ0) is 12.4. The third-order valence-electron chi connectivity index (χ3n) is 3.90. The summed E-state index contributed by atoms with van der Waals surface area (Å²) in [6, 6.07) is 0. The molecule has 0 aliphatic heterocycles. The molecular formula is C13H18O4. The number of carbonyl (C=O) groups excluding carboxylic acids is 3. The number of esters is 1. The fraction of sp³-hybridized carbons (Fsp3) is 0.769. The summed E-state index contributed by atoms with van der Waals surface area (Å²) in [5.74, 6) is -1.51. The van der Waals surface area contributed by atoms with Gasteiger partial charge in [-0.1, -0.05) is 12.8 Å². The summed E-state index contributed by atoms with van der Waals surface area (Å²) in [6.45, 7) is 2.02. The van der Waals surface area contributed by atoms with E-state index in [0.717, 1.165) is 25.7 Å². The van der Waals surface area contributed by atoms with Gasteiger partial charge in [0.25, 0.3) is 0 Å². The van der Waals surface area contributed by atoms with Crippen LogP contribution in [0.25, 0.3) is 0 Å². The summed E-state index contributed by atoms with van der Waals surface area (Å²) in [5.41, 5.74) is 0. The second kappa shape index (κ2) is 4.98. The van der Waals surface area contributed by atoms with E-state index < -0.39 is 11.9 Å². The van der Waals surface area contributed by atoms with Crippen molar-refractivity contribution in [2.45, 2.75) is 39.0 Å². The molecule has 3 atom stereocenters. The first-order chi connectivity index (χ1) is 8.15. The van der Waals surface area contributed by atoms with Gasteiger partial charge in [0.15, 0.2) is 5.78 Å². The maximum absolute atomic E-state index is 11.9. The topological polar surface area (TPSA) is 60.4 Å². The van der Waals surface area contributed by atoms with Crippen LogP contribution in [0.4, 0.5) is 0 Å². The highest BCUT2D eigenvalue weighted by Crippen LogP contribution is 2.41. The standard InChI is InChI=1S/C13H18O4/c1-2-17-13(16)12-9-6-4-3-5-8(9)10(14)7-11(12)15/h8-9,12H,2-7H2,1H3. The van der Waals surface area contributed by atoms with Crippen LogP contribution < -0.4 is 0 Å². The third kappa shape index (κ3) is 2.26. The maximum atomic E-state index is 11.9. The number of rotatable bonds is 2. The Morgan fingerprint density at radius 2 is 1.94 bits per heavy atom. The van der Waals surface area contributed by atoms with Gasteiger partial charge < -0.3 is 4.74 Å². The van der Waals surface area contributed by atoms with Gasteiger partial charge in [-0.2, -0.15) is 0 Å². The normalized spacial score (nSPS) is 33.1. The Morgan fingerprint density at radius 1 is 1.24 bits per heavy atom. The monoisotopic (exact) mass is 238 g/mol. The quantitative estimate of drug-likeness (QED) is 0.540. The average Bonchev–Trinajstić information content (AvgIpc) is 2.29. The van der Waals surface area contributed by atoms with Crippen LogP contribution in [0.1, 0.15) is 39.0 Å². The van der Waals surface area contributed by atoms with Crippen LogP contribution in [0.2, 0.25) is 0 Å². The molecule has 2 aliphatic rings. The average molecular weight is 238 g/mol. The Kier molecular flexibility index (Phi) is 3.60. The Morgan fingerprint density at radius 3 is 2.65 bits per heavy atom. The van der Waals surface area contributed by atoms with Gasteiger partial charge in [0.05, 0.1) is 13.0 Å². The molecule has 0 aromatic carbocycles. The highest BCUT2D eigenvalue weighted by atomic mass is 16.5. The Hall–Kier alpha value is -1.19. The van der Waals surface area contributed by atoms with E-state index in [9.17, 15) is 14.4 Å². The van der Waals surface area contributed by atoms with Crippen molar-refractivity contribution in [1.82, 2.24) is 0 Å². The molecule has 0 aromatic rings. The predicted molar refractivity (Wildman–Crippen MR) is 60.2 cm³/mol. The van der Waals surface area contributed by atoms with Gasteiger partial charge in [-0.3, -0.25) is 14.4 Å². The molecule has 0 spiro atoms. The van der Waals surface area contributed by atoms with Gasteiger partial charge in [-0.15, -0.1) is 0 Å². The van der Waals surface area contributed by atoms with Gasteiger partial charge in [0, 0.05) is 5.92 Å². The van der Waals surface area contributed by atoms with Crippen LogP contribution >= 0.6 is 0 Å². The molecule has 2 fully saturated rings. The minimum atomic E-state index is -0.682. The lowest BCUT2D eigenvalue weighted by Crippen LogP contribution is -2.46. The van der Waals surface area contributed by atoms with Gasteiger partial charge >= 0.3 is 5.97 Å². The molecule has 0 aromatic heterocycles. The summed E-state index contributed by atoms with van der Waals surface area (Å²) in [4.78, 5) is 35.5. The second-order valence-electron chi connectivity index (χ2n) is 4.89. The molecule has 2 saturated carbocycles. The number of ether oxygens (including phenoxy) is 1. The van der Waals surface area contributed by atoms with Crippen LogP contribution in [0.3, 0.4) is 0 Å². The molecule has 17 heavy (non-hydrogen) atoms. The van der Waals surface area contributed by atoms with Crippen LogP contribution in [-0.4, -0.2) is 24.1 Å². The molecule has 0 amide bonds. The zero-order valence-corrected chi connectivity index (χ0v) is 10.1. The van der Waals surface area contributed by atoms with E-state index in [4.69, 9.17) is 4.74 Å². The minimum absolute atomic E-state index is 0.0280. The molecule has 94 valence electrons. The first kappa shape index (κ1) is 12.3. The first-order valence-electron chi connectivity index (χ1n) is 6.37. The summed E-state index contributed by atoms with van der Waals surface area (Å²) in [7, 11) is 0. The van der Waals surface area contributed by atoms with E-state index in [2.05, 4.69) is 0 Å². The summed E-state index contributed by atoms with van der Waals surface area (Å²) < 4.78 is 4.96. The van der Waals surface area contributed by atoms with Crippen molar-refractivity contribution in [1.29, 1.82) is 0 Å². The van der Waals surface area contributed by atoms with Crippen molar-refractivity contribution in [3.63, 3.8) is 0 Å². The lowest BCUT2D eigenvalue weighted by atomic mass is 9.64. The highest BCUT2D eigenvalue weighted by molar-refractivity contribution is 6.11. The molecule has 0 N–H and O–H groups in total. The van der Waals surface area contributed by atoms with Crippen molar-refractivity contribution in [3.8, 4) is 0 Å². The molecule has 0 saturated heterocycles. The van der Waals surface area contributed by atoms with Crippen molar-refractivity contribution in [2.24, 2.45) is 17.8 Å². The lowest BCUT2D eigenvalue weighted by Gasteiger charge is -2.37. The van der Waals surface area contributed by atoms with E-state index in [0.29, 0.717) is 0 Å². The highest BCUT2D eigenvalue weighted by Gasteiger charge is 2.48. The van der Waals surface area contributed by atoms with Gasteiger partial charge in [0.1, 0.15) is 11.7 Å². The largest absolute Gasteiger partial charge is 0.465 e. The minimum Gasteiger partial charge on any atom is -0.465 e. The molecule has 4 nitrogen and oxygen atoms in total. The lowest BCUT2D eigenvalue weighted by molar-refractivity contribution is -0.159. The molecule has 2 aliphatic carbocycles. The number of carbonyl (C=O) groups is 3. The number of Topliss-reactive ketones (excluding diaryl/α,β-unsaturated/α-hetero) is 2. The predicted octanol–water partition coefficient (Wildman–Crippen LogP) is 1.51. The molecule has 0 radical (unpaired) electrons. The van der Waals surface area contributed by atoms with Crippen molar-refractivity contribution < 1.29 is 19.1 Å². The summed E-state index contributed by atoms with van der Waals surface area (Å²) in [5, 5.41) is 0. The van der Waals surface area contributed by atoms with Crippen LogP contribution in [0, 0.1) is 17.8 Å². The Balaban J connectivity index is 2.20. The second-order valence-corrected chi connectivity index (χ2v) is 4.89. The summed E-state index contributed by atoms with van der Waals surface area (Å²) in [6.07, 6.45) is 3.57. The maximum Gasteiger partial charge on any atom is 0.316 e. The van der Waals surface area contributed by atoms with E-state index in [-0.39, 0.29) is 36.4 Å². The fourth-order valence-corrected chi connectivity index (χ4v) is 3.15. The fourth-order valence-electron chi connectivity index (χ4n) is 3.15. The number of hydrogen-bond donors (Lipinski definition) is 0. The molecule has 4 heteroatoms. The summed E-state index contributed by atoms with van der Waals surface area (Å²) >= 11 is 0. The van der Waals surface area contributed by atoms with Gasteiger partial charge in [0.2, 0.25) is 0 Å². The SMILES string of the molecule is CCOC(=O)C1C(=O)CC(=O)C2CCCCC21. The van der Waals surface area contributed by atoms with Crippen molar-refractivity contribution >= 4 is 17.5 Å². The van der Waals surface area contributed by atoms with Crippen molar-refractivity contribution in [2.75, 3.05) is 6.61 Å². The van der Waals surface area contributed by atoms with Crippen molar-refractivity contribution in [3.05, 3.63) is 0 Å². The van der Waals surface area contributed by atoms with E-state index in [1.54, 1.807) is 6.92 Å². The number of ketones is 2. The molecule has 0 bridgehead atoms. The van der Waals surface area contributed by atoms with E-state index >= 15 is 0 Å². The third-order valence-corrected chi connectivity index (χ3v) is 3.90. The van der Waals surface area contributed by atoms with Gasteiger partial charge in [-0.05, 0) is 25.7 Å². The zero-order valence-electron chi connectivity index (χ0n) is 10.1. The molecule has 0 heterocycles. The number of fused-ring (bicyclic) bond motifs is 1.